The lowest BCUT2D eigenvalue weighted by Crippen LogP contribution is -2.30. The molecule has 404 valence electrons. The first kappa shape index (κ1) is 66.4. The first-order chi connectivity index (χ1) is 33.4. The van der Waals surface area contributed by atoms with Crippen LogP contribution in [0.3, 0.4) is 0 Å². The van der Waals surface area contributed by atoms with Crippen molar-refractivity contribution in [2.45, 2.75) is 361 Å². The Hall–Kier alpha value is -1.59. The van der Waals surface area contributed by atoms with Gasteiger partial charge in [0.2, 0.25) is 0 Å². The van der Waals surface area contributed by atoms with Crippen molar-refractivity contribution in [1.82, 2.24) is 0 Å². The Kier molecular flexibility index (Phi) is 55.0. The van der Waals surface area contributed by atoms with Crippen molar-refractivity contribution < 1.29 is 28.6 Å². The van der Waals surface area contributed by atoms with E-state index in [1.807, 2.05) is 0 Å². The SMILES string of the molecule is CCCCCCCCCCCCCCCCCCCCC(=O)O[C@H](COC(=O)CCCCCCCCCCCCCCC)COC(=O)CCCCCCCCCCCCCCCCCCC(C)C. The van der Waals surface area contributed by atoms with Crippen molar-refractivity contribution in [1.29, 1.82) is 0 Å². The monoisotopic (exact) mass is 961 g/mol. The van der Waals surface area contributed by atoms with Crippen molar-refractivity contribution in [2.75, 3.05) is 13.2 Å². The second kappa shape index (κ2) is 56.3. The lowest BCUT2D eigenvalue weighted by molar-refractivity contribution is -0.167. The molecule has 0 aromatic rings. The summed E-state index contributed by atoms with van der Waals surface area (Å²) in [6.07, 6.45) is 62.4. The summed E-state index contributed by atoms with van der Waals surface area (Å²) in [7, 11) is 0. The third-order valence-corrected chi connectivity index (χ3v) is 14.3. The summed E-state index contributed by atoms with van der Waals surface area (Å²) in [5, 5.41) is 0. The summed E-state index contributed by atoms with van der Waals surface area (Å²) < 4.78 is 16.9. The van der Waals surface area contributed by atoms with Crippen molar-refractivity contribution in [3.05, 3.63) is 0 Å². The maximum atomic E-state index is 12.9. The molecule has 1 atom stereocenters. The van der Waals surface area contributed by atoms with Gasteiger partial charge in [-0.15, -0.1) is 0 Å². The molecule has 6 heteroatoms. The molecule has 0 bridgehead atoms. The van der Waals surface area contributed by atoms with Gasteiger partial charge in [0, 0.05) is 19.3 Å². The molecule has 0 fully saturated rings. The second-order valence-electron chi connectivity index (χ2n) is 21.8. The molecule has 0 rings (SSSR count). The fourth-order valence-corrected chi connectivity index (χ4v) is 9.63. The van der Waals surface area contributed by atoms with Crippen molar-refractivity contribution in [3.8, 4) is 0 Å². The van der Waals surface area contributed by atoms with Crippen LogP contribution in [-0.4, -0.2) is 37.2 Å². The highest BCUT2D eigenvalue weighted by Gasteiger charge is 2.19. The molecule has 0 aromatic carbocycles. The number of ether oxygens (including phenoxy) is 3. The maximum Gasteiger partial charge on any atom is 0.306 e. The van der Waals surface area contributed by atoms with Gasteiger partial charge in [-0.2, -0.15) is 0 Å². The Bertz CT molecular complexity index is 1030. The van der Waals surface area contributed by atoms with Gasteiger partial charge in [-0.25, -0.2) is 0 Å². The zero-order valence-corrected chi connectivity index (χ0v) is 46.6. The van der Waals surface area contributed by atoms with E-state index in [0.29, 0.717) is 19.3 Å². The predicted molar refractivity (Wildman–Crippen MR) is 293 cm³/mol. The van der Waals surface area contributed by atoms with Gasteiger partial charge in [-0.1, -0.05) is 317 Å². The summed E-state index contributed by atoms with van der Waals surface area (Å²) in [4.78, 5) is 38.2. The van der Waals surface area contributed by atoms with E-state index in [-0.39, 0.29) is 31.1 Å². The molecular weight excluding hydrogens is 841 g/mol. The van der Waals surface area contributed by atoms with E-state index in [1.54, 1.807) is 0 Å². The zero-order valence-electron chi connectivity index (χ0n) is 46.6. The van der Waals surface area contributed by atoms with E-state index in [0.717, 1.165) is 63.7 Å². The van der Waals surface area contributed by atoms with Crippen LogP contribution in [-0.2, 0) is 28.6 Å². The van der Waals surface area contributed by atoms with Crippen LogP contribution in [0.4, 0.5) is 0 Å². The third kappa shape index (κ3) is 55.3. The summed E-state index contributed by atoms with van der Waals surface area (Å²) in [6.45, 7) is 9.09. The highest BCUT2D eigenvalue weighted by atomic mass is 16.6. The zero-order chi connectivity index (χ0) is 49.5. The van der Waals surface area contributed by atoms with E-state index in [9.17, 15) is 14.4 Å². The van der Waals surface area contributed by atoms with Gasteiger partial charge in [0.25, 0.3) is 0 Å². The number of carbonyl (C=O) groups is 3. The third-order valence-electron chi connectivity index (χ3n) is 14.3. The normalized spacial score (nSPS) is 12.0. The smallest absolute Gasteiger partial charge is 0.306 e. The standard InChI is InChI=1S/C62H120O6/c1-5-7-9-11-13-15-17-19-20-21-22-27-31-35-39-43-47-51-55-62(65)68-59(56-66-60(63)53-49-45-41-37-33-28-18-16-14-12-10-8-6-2)57-67-61(64)54-50-46-42-38-34-30-26-24-23-25-29-32-36-40-44-48-52-58(3)4/h58-59H,5-57H2,1-4H3/t59-/m1/s1. The molecule has 6 nitrogen and oxygen atoms in total. The topological polar surface area (TPSA) is 78.9 Å². The van der Waals surface area contributed by atoms with Crippen molar-refractivity contribution in [3.63, 3.8) is 0 Å². The Morgan fingerprint density at radius 3 is 0.721 bits per heavy atom. The van der Waals surface area contributed by atoms with Crippen LogP contribution in [0.25, 0.3) is 0 Å². The van der Waals surface area contributed by atoms with E-state index in [2.05, 4.69) is 27.7 Å². The summed E-state index contributed by atoms with van der Waals surface area (Å²) >= 11 is 0. The molecule has 0 aliphatic rings. The van der Waals surface area contributed by atoms with E-state index < -0.39 is 6.10 Å². The first-order valence-corrected chi connectivity index (χ1v) is 30.9. The van der Waals surface area contributed by atoms with Gasteiger partial charge in [0.15, 0.2) is 6.10 Å². The van der Waals surface area contributed by atoms with Gasteiger partial charge in [0.1, 0.15) is 13.2 Å². The molecule has 0 aromatic heterocycles. The molecule has 0 saturated heterocycles. The molecule has 0 saturated carbocycles. The number of rotatable bonds is 57. The number of esters is 3. The highest BCUT2D eigenvalue weighted by Crippen LogP contribution is 2.18. The molecule has 0 aliphatic heterocycles. The van der Waals surface area contributed by atoms with Crippen LogP contribution in [0.15, 0.2) is 0 Å². The molecule has 0 N–H and O–H groups in total. The summed E-state index contributed by atoms with van der Waals surface area (Å²) in [5.74, 6) is 0.0229. The largest absolute Gasteiger partial charge is 0.462 e. The average Bonchev–Trinajstić information content (AvgIpc) is 3.32. The van der Waals surface area contributed by atoms with Gasteiger partial charge >= 0.3 is 17.9 Å². The van der Waals surface area contributed by atoms with E-state index in [4.69, 9.17) is 14.2 Å². The minimum atomic E-state index is -0.762. The van der Waals surface area contributed by atoms with Crippen LogP contribution >= 0.6 is 0 Å². The lowest BCUT2D eigenvalue weighted by Gasteiger charge is -2.18. The molecular formula is C62H120O6. The fraction of sp³-hybridized carbons (Fsp3) is 0.952. The number of hydrogen-bond acceptors (Lipinski definition) is 6. The van der Waals surface area contributed by atoms with Crippen LogP contribution in [0.2, 0.25) is 0 Å². The average molecular weight is 962 g/mol. The minimum Gasteiger partial charge on any atom is -0.462 e. The molecule has 0 heterocycles. The summed E-state index contributed by atoms with van der Waals surface area (Å²) in [6, 6.07) is 0. The predicted octanol–water partition coefficient (Wildman–Crippen LogP) is 20.6. The van der Waals surface area contributed by atoms with Gasteiger partial charge in [-0.3, -0.25) is 14.4 Å². The van der Waals surface area contributed by atoms with Gasteiger partial charge in [0.05, 0.1) is 0 Å². The molecule has 0 aliphatic carbocycles. The molecule has 0 radical (unpaired) electrons. The highest BCUT2D eigenvalue weighted by molar-refractivity contribution is 5.71. The Morgan fingerprint density at radius 1 is 0.279 bits per heavy atom. The molecule has 0 amide bonds. The molecule has 68 heavy (non-hydrogen) atoms. The van der Waals surface area contributed by atoms with Crippen LogP contribution < -0.4 is 0 Å². The number of unbranched alkanes of at least 4 members (excludes halogenated alkanes) is 44. The van der Waals surface area contributed by atoms with Crippen LogP contribution in [0.1, 0.15) is 355 Å². The molecule has 0 spiro atoms. The maximum absolute atomic E-state index is 12.9. The fourth-order valence-electron chi connectivity index (χ4n) is 9.63. The lowest BCUT2D eigenvalue weighted by atomic mass is 10.0. The van der Waals surface area contributed by atoms with Crippen molar-refractivity contribution in [2.24, 2.45) is 5.92 Å². The summed E-state index contributed by atoms with van der Waals surface area (Å²) in [5.41, 5.74) is 0. The Balaban J connectivity index is 4.26. The van der Waals surface area contributed by atoms with E-state index >= 15 is 0 Å². The number of carbonyl (C=O) groups excluding carboxylic acids is 3. The Labute approximate surface area is 425 Å². The number of hydrogen-bond donors (Lipinski definition) is 0. The van der Waals surface area contributed by atoms with Crippen molar-refractivity contribution >= 4 is 17.9 Å². The van der Waals surface area contributed by atoms with Crippen LogP contribution in [0.5, 0.6) is 0 Å². The Morgan fingerprint density at radius 2 is 0.485 bits per heavy atom. The quantitative estimate of drug-likeness (QED) is 0.0343. The van der Waals surface area contributed by atoms with Gasteiger partial charge in [-0.05, 0) is 25.2 Å². The van der Waals surface area contributed by atoms with Gasteiger partial charge < -0.3 is 14.2 Å². The second-order valence-corrected chi connectivity index (χ2v) is 21.8. The first-order valence-electron chi connectivity index (χ1n) is 30.9. The van der Waals surface area contributed by atoms with Crippen LogP contribution in [0, 0.1) is 5.92 Å². The van der Waals surface area contributed by atoms with E-state index in [1.165, 1.54) is 250 Å². The molecule has 0 unspecified atom stereocenters. The minimum absolute atomic E-state index is 0.0613.